The van der Waals surface area contributed by atoms with E-state index in [0.29, 0.717) is 5.75 Å². The van der Waals surface area contributed by atoms with E-state index in [-0.39, 0.29) is 36.0 Å². The number of hydrogen-bond acceptors (Lipinski definition) is 6. The maximum atomic E-state index is 14.0. The molecule has 0 aliphatic heterocycles. The van der Waals surface area contributed by atoms with Crippen molar-refractivity contribution in [3.8, 4) is 5.75 Å². The van der Waals surface area contributed by atoms with Crippen LogP contribution in [0.2, 0.25) is 0 Å². The molecule has 0 bridgehead atoms. The van der Waals surface area contributed by atoms with Crippen LogP contribution in [0, 0.1) is 5.92 Å². The standard InChI is InChI=1S/C30H42N2O6S/c1-30(24-13-5-4-6-14-24,31(22-37-2)29(34)23-11-7-8-12-23)28(33)21-32(25-15-9-10-16-25)39(35,36)27-19-17-26(38-3)18-20-27/h4-6,13-14,17-20,23,25,28,33H,7-12,15-16,21-22H2,1-3H3/t28-,30+/m0/s1. The van der Waals surface area contributed by atoms with Gasteiger partial charge in [-0.25, -0.2) is 8.42 Å². The minimum absolute atomic E-state index is 0.00749. The molecular formula is C30H42N2O6S. The second kappa shape index (κ2) is 12.8. The highest BCUT2D eigenvalue weighted by Crippen LogP contribution is 2.38. The molecule has 2 saturated carbocycles. The number of carbonyl (C=O) groups excluding carboxylic acids is 1. The zero-order valence-corrected chi connectivity index (χ0v) is 24.1. The molecule has 0 heterocycles. The smallest absolute Gasteiger partial charge is 0.243 e. The number of hydrogen-bond donors (Lipinski definition) is 1. The van der Waals surface area contributed by atoms with Crippen molar-refractivity contribution < 1.29 is 27.8 Å². The number of rotatable bonds is 12. The largest absolute Gasteiger partial charge is 0.497 e. The summed E-state index contributed by atoms with van der Waals surface area (Å²) in [6.07, 6.45) is 5.71. The highest BCUT2D eigenvalue weighted by Gasteiger charge is 2.47. The first kappa shape index (κ1) is 29.5. The number of aliphatic hydroxyl groups is 1. The van der Waals surface area contributed by atoms with Crippen LogP contribution in [0.15, 0.2) is 59.5 Å². The maximum Gasteiger partial charge on any atom is 0.243 e. The van der Waals surface area contributed by atoms with Crippen molar-refractivity contribution in [3.63, 3.8) is 0 Å². The van der Waals surface area contributed by atoms with E-state index >= 15 is 0 Å². The number of aliphatic hydroxyl groups excluding tert-OH is 1. The van der Waals surface area contributed by atoms with Crippen molar-refractivity contribution in [1.82, 2.24) is 9.21 Å². The molecule has 214 valence electrons. The number of methoxy groups -OCH3 is 2. The zero-order chi connectivity index (χ0) is 28.0. The van der Waals surface area contributed by atoms with Crippen LogP contribution in [0.1, 0.15) is 63.9 Å². The van der Waals surface area contributed by atoms with Gasteiger partial charge in [0.2, 0.25) is 15.9 Å². The van der Waals surface area contributed by atoms with E-state index in [1.165, 1.54) is 18.5 Å². The van der Waals surface area contributed by atoms with Crippen LogP contribution in [-0.4, -0.2) is 68.3 Å². The lowest BCUT2D eigenvalue weighted by molar-refractivity contribution is -0.158. The van der Waals surface area contributed by atoms with Crippen molar-refractivity contribution in [2.45, 2.75) is 80.9 Å². The Kier molecular flexibility index (Phi) is 9.69. The van der Waals surface area contributed by atoms with Crippen molar-refractivity contribution in [2.75, 3.05) is 27.5 Å². The van der Waals surface area contributed by atoms with Crippen LogP contribution in [0.3, 0.4) is 0 Å². The number of carbonyl (C=O) groups is 1. The topological polar surface area (TPSA) is 96.4 Å². The Hall–Kier alpha value is -2.46. The van der Waals surface area contributed by atoms with E-state index in [0.717, 1.165) is 56.9 Å². The molecule has 1 amide bonds. The summed E-state index contributed by atoms with van der Waals surface area (Å²) in [6.45, 7) is 1.67. The average Bonchev–Trinajstić information content (AvgIpc) is 3.69. The summed E-state index contributed by atoms with van der Waals surface area (Å²) in [7, 11) is -0.869. The molecule has 2 aromatic rings. The SMILES string of the molecule is COCN(C(=O)C1CCCC1)[C@](C)(c1ccccc1)[C@@H](O)CN(C1CCCC1)S(=O)(=O)c1ccc(OC)cc1. The molecule has 0 aromatic heterocycles. The van der Waals surface area contributed by atoms with Gasteiger partial charge in [0, 0.05) is 25.6 Å². The van der Waals surface area contributed by atoms with Gasteiger partial charge in [-0.05, 0) is 62.4 Å². The minimum Gasteiger partial charge on any atom is -0.497 e. The molecule has 2 fully saturated rings. The molecule has 2 atom stereocenters. The Balaban J connectivity index is 1.74. The van der Waals surface area contributed by atoms with Gasteiger partial charge in [0.15, 0.2) is 0 Å². The molecular weight excluding hydrogens is 516 g/mol. The van der Waals surface area contributed by atoms with Crippen LogP contribution in [-0.2, 0) is 25.1 Å². The van der Waals surface area contributed by atoms with Crippen molar-refractivity contribution in [2.24, 2.45) is 5.92 Å². The van der Waals surface area contributed by atoms with E-state index in [2.05, 4.69) is 0 Å². The highest BCUT2D eigenvalue weighted by atomic mass is 32.2. The van der Waals surface area contributed by atoms with Crippen LogP contribution in [0.4, 0.5) is 0 Å². The molecule has 1 N–H and O–H groups in total. The lowest BCUT2D eigenvalue weighted by atomic mass is 9.83. The molecule has 4 rings (SSSR count). The first-order valence-electron chi connectivity index (χ1n) is 13.9. The average molecular weight is 559 g/mol. The normalized spacial score (nSPS) is 19.2. The molecule has 0 spiro atoms. The van der Waals surface area contributed by atoms with Gasteiger partial charge in [-0.15, -0.1) is 0 Å². The Bertz CT molecular complexity index is 1180. The number of amides is 1. The summed E-state index contributed by atoms with van der Waals surface area (Å²) in [6, 6.07) is 15.5. The number of nitrogens with zero attached hydrogens (tertiary/aromatic N) is 2. The molecule has 0 saturated heterocycles. The van der Waals surface area contributed by atoms with E-state index in [9.17, 15) is 18.3 Å². The molecule has 39 heavy (non-hydrogen) atoms. The molecule has 8 nitrogen and oxygen atoms in total. The van der Waals surface area contributed by atoms with Gasteiger partial charge < -0.3 is 19.5 Å². The fraction of sp³-hybridized carbons (Fsp3) is 0.567. The van der Waals surface area contributed by atoms with Gasteiger partial charge in [0.25, 0.3) is 0 Å². The van der Waals surface area contributed by atoms with E-state index in [1.54, 1.807) is 29.2 Å². The molecule has 2 aliphatic carbocycles. The number of sulfonamides is 1. The van der Waals surface area contributed by atoms with E-state index in [4.69, 9.17) is 9.47 Å². The minimum atomic E-state index is -3.94. The molecule has 0 unspecified atom stereocenters. The molecule has 2 aromatic carbocycles. The lowest BCUT2D eigenvalue weighted by Gasteiger charge is -2.46. The predicted molar refractivity (Wildman–Crippen MR) is 150 cm³/mol. The van der Waals surface area contributed by atoms with Gasteiger partial charge >= 0.3 is 0 Å². The fourth-order valence-electron chi connectivity index (χ4n) is 6.12. The third kappa shape index (κ3) is 6.16. The zero-order valence-electron chi connectivity index (χ0n) is 23.3. The van der Waals surface area contributed by atoms with Crippen LogP contribution < -0.4 is 4.74 Å². The summed E-state index contributed by atoms with van der Waals surface area (Å²) >= 11 is 0. The Labute approximate surface area is 233 Å². The summed E-state index contributed by atoms with van der Waals surface area (Å²) < 4.78 is 40.2. The van der Waals surface area contributed by atoms with Gasteiger partial charge in [0.1, 0.15) is 12.5 Å². The summed E-state index contributed by atoms with van der Waals surface area (Å²) in [5, 5.41) is 12.1. The second-order valence-corrected chi connectivity index (χ2v) is 12.8. The van der Waals surface area contributed by atoms with Crippen LogP contribution >= 0.6 is 0 Å². The first-order chi connectivity index (χ1) is 18.7. The highest BCUT2D eigenvalue weighted by molar-refractivity contribution is 7.89. The van der Waals surface area contributed by atoms with Crippen LogP contribution in [0.25, 0.3) is 0 Å². The Morgan fingerprint density at radius 2 is 1.56 bits per heavy atom. The van der Waals surface area contributed by atoms with E-state index < -0.39 is 21.7 Å². The predicted octanol–water partition coefficient (Wildman–Crippen LogP) is 4.53. The van der Waals surface area contributed by atoms with Gasteiger partial charge in [0.05, 0.1) is 23.6 Å². The monoisotopic (exact) mass is 558 g/mol. The summed E-state index contributed by atoms with van der Waals surface area (Å²) in [5.74, 6) is 0.369. The summed E-state index contributed by atoms with van der Waals surface area (Å²) in [5.41, 5.74) is -0.488. The fourth-order valence-corrected chi connectivity index (χ4v) is 7.81. The summed E-state index contributed by atoms with van der Waals surface area (Å²) in [4.78, 5) is 15.6. The molecule has 0 radical (unpaired) electrons. The van der Waals surface area contributed by atoms with Gasteiger partial charge in [-0.3, -0.25) is 4.79 Å². The number of ether oxygens (including phenoxy) is 2. The lowest BCUT2D eigenvalue weighted by Crippen LogP contribution is -2.60. The first-order valence-corrected chi connectivity index (χ1v) is 15.4. The third-order valence-electron chi connectivity index (χ3n) is 8.55. The third-order valence-corrected chi connectivity index (χ3v) is 10.5. The van der Waals surface area contributed by atoms with E-state index in [1.807, 2.05) is 37.3 Å². The van der Waals surface area contributed by atoms with Crippen molar-refractivity contribution in [3.05, 3.63) is 60.2 Å². The van der Waals surface area contributed by atoms with Gasteiger partial charge in [-0.2, -0.15) is 4.31 Å². The Morgan fingerprint density at radius 3 is 2.13 bits per heavy atom. The van der Waals surface area contributed by atoms with Crippen molar-refractivity contribution >= 4 is 15.9 Å². The second-order valence-electron chi connectivity index (χ2n) is 10.9. The van der Waals surface area contributed by atoms with Crippen LogP contribution in [0.5, 0.6) is 5.75 Å². The number of benzene rings is 2. The quantitative estimate of drug-likeness (QED) is 0.385. The Morgan fingerprint density at radius 1 is 0.974 bits per heavy atom. The van der Waals surface area contributed by atoms with Gasteiger partial charge in [-0.1, -0.05) is 56.0 Å². The maximum absolute atomic E-state index is 14.0. The molecule has 9 heteroatoms. The molecule has 2 aliphatic rings. The van der Waals surface area contributed by atoms with Crippen molar-refractivity contribution in [1.29, 1.82) is 0 Å².